The molecule has 7 nitrogen and oxygen atoms in total. The molecule has 0 saturated heterocycles. The largest absolute Gasteiger partial charge is 0.494 e. The van der Waals surface area contributed by atoms with Crippen LogP contribution in [0.2, 0.25) is 5.02 Å². The molecule has 0 radical (unpaired) electrons. The Balaban J connectivity index is 1.80. The molecule has 0 atom stereocenters. The van der Waals surface area contributed by atoms with Crippen molar-refractivity contribution in [3.05, 3.63) is 53.1 Å². The zero-order valence-corrected chi connectivity index (χ0v) is 18.0. The molecule has 0 fully saturated rings. The Hall–Kier alpha value is -3.06. The number of amides is 2. The molecule has 160 valence electrons. The van der Waals surface area contributed by atoms with Crippen molar-refractivity contribution in [2.45, 2.75) is 39.7 Å². The number of anilines is 1. The highest BCUT2D eigenvalue weighted by Crippen LogP contribution is 2.22. The quantitative estimate of drug-likeness (QED) is 0.431. The highest BCUT2D eigenvalue weighted by molar-refractivity contribution is 6.30. The lowest BCUT2D eigenvalue weighted by Crippen LogP contribution is -2.20. The normalized spacial score (nSPS) is 10.8. The molecule has 0 heterocycles. The van der Waals surface area contributed by atoms with Gasteiger partial charge in [0.2, 0.25) is 11.8 Å². The summed E-state index contributed by atoms with van der Waals surface area (Å²) < 4.78 is 11.0. The molecule has 0 aliphatic rings. The van der Waals surface area contributed by atoms with Gasteiger partial charge in [-0.3, -0.25) is 9.59 Å². The van der Waals surface area contributed by atoms with E-state index in [0.29, 0.717) is 28.6 Å². The van der Waals surface area contributed by atoms with Crippen molar-refractivity contribution in [1.29, 1.82) is 0 Å². The van der Waals surface area contributed by atoms with Crippen LogP contribution in [0.3, 0.4) is 0 Å². The minimum atomic E-state index is -0.374. The Morgan fingerprint density at radius 2 is 1.80 bits per heavy atom. The average Bonchev–Trinajstić information content (AvgIpc) is 2.70. The van der Waals surface area contributed by atoms with Crippen LogP contribution in [0.1, 0.15) is 39.2 Å². The van der Waals surface area contributed by atoms with Gasteiger partial charge in [0, 0.05) is 29.1 Å². The number of hydrogen-bond donors (Lipinski definition) is 2. The first-order chi connectivity index (χ1) is 14.4. The number of hydrogen-bond acceptors (Lipinski definition) is 5. The van der Waals surface area contributed by atoms with Gasteiger partial charge in [-0.2, -0.15) is 5.10 Å². The summed E-state index contributed by atoms with van der Waals surface area (Å²) in [6.45, 7) is 6.30. The minimum Gasteiger partial charge on any atom is -0.494 e. The number of rotatable bonds is 10. The first-order valence-corrected chi connectivity index (χ1v) is 10.1. The third-order valence-corrected chi connectivity index (χ3v) is 3.99. The number of benzene rings is 2. The number of carbonyl (C=O) groups excluding carboxylic acids is 2. The van der Waals surface area contributed by atoms with Crippen molar-refractivity contribution < 1.29 is 19.1 Å². The summed E-state index contributed by atoms with van der Waals surface area (Å²) in [5.41, 5.74) is 3.69. The zero-order valence-electron chi connectivity index (χ0n) is 17.3. The van der Waals surface area contributed by atoms with Crippen LogP contribution < -0.4 is 20.2 Å². The Kier molecular flexibility index (Phi) is 9.15. The summed E-state index contributed by atoms with van der Waals surface area (Å²) in [6.07, 6.45) is 1.49. The molecule has 2 aromatic carbocycles. The first-order valence-electron chi connectivity index (χ1n) is 9.68. The van der Waals surface area contributed by atoms with Crippen LogP contribution in [0.5, 0.6) is 11.5 Å². The molecule has 2 amide bonds. The van der Waals surface area contributed by atoms with Gasteiger partial charge in [-0.25, -0.2) is 5.43 Å². The number of hydrazone groups is 1. The number of carbonyl (C=O) groups is 2. The van der Waals surface area contributed by atoms with E-state index in [-0.39, 0.29) is 30.8 Å². The van der Waals surface area contributed by atoms with Crippen molar-refractivity contribution in [2.75, 3.05) is 11.9 Å². The summed E-state index contributed by atoms with van der Waals surface area (Å²) in [5.74, 6) is 0.707. The Bertz CT molecular complexity index is 882. The molecular weight excluding hydrogens is 406 g/mol. The topological polar surface area (TPSA) is 89.0 Å². The lowest BCUT2D eigenvalue weighted by atomic mass is 10.2. The van der Waals surface area contributed by atoms with Gasteiger partial charge in [-0.05, 0) is 63.2 Å². The van der Waals surface area contributed by atoms with Gasteiger partial charge < -0.3 is 14.8 Å². The maximum atomic E-state index is 12.0. The maximum absolute atomic E-state index is 12.0. The molecule has 0 saturated carbocycles. The summed E-state index contributed by atoms with van der Waals surface area (Å²) >= 11 is 6.01. The van der Waals surface area contributed by atoms with E-state index in [1.54, 1.807) is 42.5 Å². The van der Waals surface area contributed by atoms with E-state index >= 15 is 0 Å². The van der Waals surface area contributed by atoms with Gasteiger partial charge >= 0.3 is 0 Å². The van der Waals surface area contributed by atoms with Crippen LogP contribution >= 0.6 is 11.6 Å². The molecule has 8 heteroatoms. The molecule has 2 rings (SSSR count). The van der Waals surface area contributed by atoms with Crippen molar-refractivity contribution in [3.63, 3.8) is 0 Å². The van der Waals surface area contributed by atoms with Crippen molar-refractivity contribution in [3.8, 4) is 11.5 Å². The molecule has 0 unspecified atom stereocenters. The van der Waals surface area contributed by atoms with E-state index in [4.69, 9.17) is 21.1 Å². The van der Waals surface area contributed by atoms with E-state index in [1.165, 1.54) is 6.21 Å². The second-order valence-corrected chi connectivity index (χ2v) is 7.08. The average molecular weight is 432 g/mol. The van der Waals surface area contributed by atoms with Crippen LogP contribution in [0.4, 0.5) is 5.69 Å². The molecule has 0 spiro atoms. The number of nitrogens with zero attached hydrogens (tertiary/aromatic N) is 1. The second-order valence-electron chi connectivity index (χ2n) is 6.65. The maximum Gasteiger partial charge on any atom is 0.240 e. The SMILES string of the molecule is CCOc1ccc(NC(=O)CCC(=O)NN=Cc2cc(Cl)ccc2OC(C)C)cc1. The van der Waals surface area contributed by atoms with E-state index in [2.05, 4.69) is 15.8 Å². The van der Waals surface area contributed by atoms with Gasteiger partial charge in [0.15, 0.2) is 0 Å². The molecular formula is C22H26ClN3O4. The number of nitrogens with one attached hydrogen (secondary N) is 2. The Morgan fingerprint density at radius 1 is 1.10 bits per heavy atom. The summed E-state index contributed by atoms with van der Waals surface area (Å²) in [7, 11) is 0. The van der Waals surface area contributed by atoms with E-state index in [9.17, 15) is 9.59 Å². The lowest BCUT2D eigenvalue weighted by Gasteiger charge is -2.12. The molecule has 0 aromatic heterocycles. The Labute approximate surface area is 181 Å². The van der Waals surface area contributed by atoms with Crippen LogP contribution in [-0.2, 0) is 9.59 Å². The third kappa shape index (κ3) is 8.13. The minimum absolute atomic E-state index is 0.00506. The standard InChI is InChI=1S/C22H26ClN3O4/c1-4-29-19-8-6-18(7-9-19)25-21(27)11-12-22(28)26-24-14-16-13-17(23)5-10-20(16)30-15(2)3/h5-10,13-15H,4,11-12H2,1-3H3,(H,25,27)(H,26,28). The number of halogens is 1. The van der Waals surface area contributed by atoms with E-state index < -0.39 is 0 Å². The highest BCUT2D eigenvalue weighted by Gasteiger charge is 2.08. The molecule has 0 aliphatic carbocycles. The van der Waals surface area contributed by atoms with E-state index in [1.807, 2.05) is 20.8 Å². The van der Waals surface area contributed by atoms with Crippen LogP contribution in [0.25, 0.3) is 0 Å². The van der Waals surface area contributed by atoms with Crippen LogP contribution in [0, 0.1) is 0 Å². The predicted octanol–water partition coefficient (Wildman–Crippen LogP) is 4.39. The smallest absolute Gasteiger partial charge is 0.240 e. The van der Waals surface area contributed by atoms with Gasteiger partial charge in [0.25, 0.3) is 0 Å². The Morgan fingerprint density at radius 3 is 2.47 bits per heavy atom. The van der Waals surface area contributed by atoms with Crippen molar-refractivity contribution in [1.82, 2.24) is 5.43 Å². The molecule has 0 bridgehead atoms. The molecule has 30 heavy (non-hydrogen) atoms. The van der Waals surface area contributed by atoms with Crippen molar-refractivity contribution >= 4 is 35.3 Å². The van der Waals surface area contributed by atoms with Gasteiger partial charge in [0.1, 0.15) is 11.5 Å². The summed E-state index contributed by atoms with van der Waals surface area (Å²) in [4.78, 5) is 24.0. The van der Waals surface area contributed by atoms with Crippen LogP contribution in [0.15, 0.2) is 47.6 Å². The fourth-order valence-corrected chi connectivity index (χ4v) is 2.64. The monoisotopic (exact) mass is 431 g/mol. The number of ether oxygens (including phenoxy) is 2. The van der Waals surface area contributed by atoms with Crippen LogP contribution in [-0.4, -0.2) is 30.7 Å². The van der Waals surface area contributed by atoms with Gasteiger partial charge in [-0.15, -0.1) is 0 Å². The first kappa shape index (κ1) is 23.2. The molecule has 2 aromatic rings. The zero-order chi connectivity index (χ0) is 21.9. The molecule has 2 N–H and O–H groups in total. The van der Waals surface area contributed by atoms with Crippen molar-refractivity contribution in [2.24, 2.45) is 5.10 Å². The van der Waals surface area contributed by atoms with E-state index in [0.717, 1.165) is 5.75 Å². The van der Waals surface area contributed by atoms with Gasteiger partial charge in [-0.1, -0.05) is 11.6 Å². The lowest BCUT2D eigenvalue weighted by molar-refractivity contribution is -0.124. The fourth-order valence-electron chi connectivity index (χ4n) is 2.46. The fraction of sp³-hybridized carbons (Fsp3) is 0.318. The highest BCUT2D eigenvalue weighted by atomic mass is 35.5. The van der Waals surface area contributed by atoms with Gasteiger partial charge in [0.05, 0.1) is 18.9 Å². The predicted molar refractivity (Wildman–Crippen MR) is 118 cm³/mol. The summed E-state index contributed by atoms with van der Waals surface area (Å²) in [6, 6.07) is 12.2. The molecule has 0 aliphatic heterocycles. The summed E-state index contributed by atoms with van der Waals surface area (Å²) in [5, 5.41) is 7.20. The second kappa shape index (κ2) is 11.8. The third-order valence-electron chi connectivity index (χ3n) is 3.76.